The van der Waals surface area contributed by atoms with Gasteiger partial charge in [-0.05, 0) is 6.92 Å². The van der Waals surface area contributed by atoms with Crippen LogP contribution >= 0.6 is 0 Å². The van der Waals surface area contributed by atoms with Crippen LogP contribution in [0.2, 0.25) is 0 Å². The minimum absolute atomic E-state index is 0.285. The lowest BCUT2D eigenvalue weighted by Crippen LogP contribution is -2.50. The summed E-state index contributed by atoms with van der Waals surface area (Å²) in [6.45, 7) is 1.04. The second kappa shape index (κ2) is 9.47. The summed E-state index contributed by atoms with van der Waals surface area (Å²) in [7, 11) is 0. The molecule has 0 aliphatic rings. The summed E-state index contributed by atoms with van der Waals surface area (Å²) in [5.41, 5.74) is -5.97. The summed E-state index contributed by atoms with van der Waals surface area (Å²) in [5, 5.41) is 45.6. The number of carbonyl (C=O) groups is 6. The molecule has 0 aliphatic heterocycles. The lowest BCUT2D eigenvalue weighted by atomic mass is 9.93. The second-order valence-corrected chi connectivity index (χ2v) is 5.41. The van der Waals surface area contributed by atoms with Gasteiger partial charge in [-0.1, -0.05) is 0 Å². The Labute approximate surface area is 151 Å². The van der Waals surface area contributed by atoms with E-state index in [1.807, 2.05) is 0 Å². The van der Waals surface area contributed by atoms with Gasteiger partial charge in [0.25, 0.3) is 0 Å². The monoisotopic (exact) mass is 394 g/mol. The van der Waals surface area contributed by atoms with Crippen molar-refractivity contribution in [3.05, 3.63) is 0 Å². The third-order valence-corrected chi connectivity index (χ3v) is 3.11. The van der Waals surface area contributed by atoms with Crippen molar-refractivity contribution in [2.75, 3.05) is 6.61 Å². The molecule has 0 rings (SSSR count). The first-order chi connectivity index (χ1) is 12.3. The van der Waals surface area contributed by atoms with Crippen molar-refractivity contribution in [1.29, 1.82) is 0 Å². The number of ether oxygens (including phenoxy) is 2. The third kappa shape index (κ3) is 7.27. The van der Waals surface area contributed by atoms with Crippen LogP contribution in [-0.4, -0.2) is 79.2 Å². The molecule has 0 heterocycles. The molecule has 152 valence electrons. The maximum atomic E-state index is 12.0. The highest BCUT2D eigenvalue weighted by Gasteiger charge is 2.50. The number of hydrogen-bond donors (Lipinski definition) is 5. The number of carboxylic acid groups (broad SMARTS) is 4. The van der Waals surface area contributed by atoms with E-state index in [-0.39, 0.29) is 6.61 Å². The highest BCUT2D eigenvalue weighted by Crippen LogP contribution is 2.26. The van der Waals surface area contributed by atoms with E-state index in [2.05, 4.69) is 9.47 Å². The summed E-state index contributed by atoms with van der Waals surface area (Å²) in [5.74, 6) is -10.6. The largest absolute Gasteiger partial charge is 0.481 e. The number of rotatable bonds is 12. The molecule has 13 heteroatoms. The van der Waals surface area contributed by atoms with E-state index >= 15 is 0 Å². The summed E-state index contributed by atoms with van der Waals surface area (Å²) < 4.78 is 8.92. The zero-order valence-corrected chi connectivity index (χ0v) is 14.0. The molecular weight excluding hydrogens is 376 g/mol. The lowest BCUT2D eigenvalue weighted by Gasteiger charge is -2.29. The van der Waals surface area contributed by atoms with E-state index in [0.717, 1.165) is 0 Å². The number of aliphatic hydroxyl groups is 1. The average molecular weight is 394 g/mol. The molecular formula is C14H18O13. The van der Waals surface area contributed by atoms with Gasteiger partial charge in [0.05, 0.1) is 32.3 Å². The number of carboxylic acids is 4. The molecule has 1 atom stereocenters. The topological polar surface area (TPSA) is 222 Å². The number of esters is 2. The highest BCUT2D eigenvalue weighted by molar-refractivity contribution is 5.93. The quantitative estimate of drug-likeness (QED) is 0.237. The Morgan fingerprint density at radius 2 is 1.22 bits per heavy atom. The Kier molecular flexibility index (Phi) is 8.34. The minimum atomic E-state index is -3.03. The fourth-order valence-electron chi connectivity index (χ4n) is 2.03. The summed E-state index contributed by atoms with van der Waals surface area (Å²) >= 11 is 0. The Bertz CT molecular complexity index is 621. The smallest absolute Gasteiger partial charge is 0.349 e. The van der Waals surface area contributed by atoms with Crippen LogP contribution in [0, 0.1) is 0 Å². The summed E-state index contributed by atoms with van der Waals surface area (Å²) in [6.07, 6.45) is -5.58. The van der Waals surface area contributed by atoms with Crippen LogP contribution in [0.25, 0.3) is 0 Å². The van der Waals surface area contributed by atoms with Gasteiger partial charge in [0, 0.05) is 0 Å². The van der Waals surface area contributed by atoms with Crippen molar-refractivity contribution >= 4 is 35.8 Å². The normalized spacial score (nSPS) is 13.1. The maximum Gasteiger partial charge on any atom is 0.349 e. The van der Waals surface area contributed by atoms with Crippen molar-refractivity contribution in [3.63, 3.8) is 0 Å². The van der Waals surface area contributed by atoms with Crippen molar-refractivity contribution in [2.45, 2.75) is 43.8 Å². The molecule has 0 aromatic heterocycles. The number of carbonyl (C=O) groups excluding carboxylic acids is 2. The molecule has 0 aromatic carbocycles. The van der Waals surface area contributed by atoms with Gasteiger partial charge in [0.15, 0.2) is 5.60 Å². The first kappa shape index (κ1) is 23.8. The summed E-state index contributed by atoms with van der Waals surface area (Å²) in [6, 6.07) is 0. The van der Waals surface area contributed by atoms with Gasteiger partial charge in [0.1, 0.15) is 0 Å². The van der Waals surface area contributed by atoms with Crippen LogP contribution in [0.5, 0.6) is 0 Å². The van der Waals surface area contributed by atoms with Gasteiger partial charge in [-0.15, -0.1) is 0 Å². The van der Waals surface area contributed by atoms with Crippen molar-refractivity contribution in [3.8, 4) is 0 Å². The molecule has 5 N–H and O–H groups in total. The number of hydrogen-bond acceptors (Lipinski definition) is 9. The summed E-state index contributed by atoms with van der Waals surface area (Å²) in [4.78, 5) is 67.6. The molecule has 0 aromatic rings. The molecule has 0 amide bonds. The first-order valence-electron chi connectivity index (χ1n) is 7.28. The molecule has 0 radical (unpaired) electrons. The SMILES string of the molecule is CCOC(=O)C(O)(CC(=O)O)CC(=O)OC(CC(=O)O)(CC(=O)O)C(=O)O. The number of aliphatic carboxylic acids is 4. The van der Waals surface area contributed by atoms with Gasteiger partial charge in [-0.2, -0.15) is 0 Å². The molecule has 0 aliphatic carbocycles. The first-order valence-corrected chi connectivity index (χ1v) is 7.28. The fraction of sp³-hybridized carbons (Fsp3) is 0.571. The zero-order valence-electron chi connectivity index (χ0n) is 14.0. The molecule has 0 saturated carbocycles. The van der Waals surface area contributed by atoms with Crippen molar-refractivity contribution in [1.82, 2.24) is 0 Å². The molecule has 0 spiro atoms. The standard InChI is InChI=1S/C14H18O13/c1-2-26-12(24)13(25,3-7(15)16)6-10(21)27-14(11(22)23,4-8(17)18)5-9(19)20/h25H,2-6H2,1H3,(H,15,16)(H,17,18)(H,19,20)(H,22,23). The highest BCUT2D eigenvalue weighted by atomic mass is 16.6. The molecule has 0 saturated heterocycles. The van der Waals surface area contributed by atoms with Gasteiger partial charge >= 0.3 is 35.8 Å². The molecule has 1 unspecified atom stereocenters. The van der Waals surface area contributed by atoms with Gasteiger partial charge in [-0.3, -0.25) is 19.2 Å². The van der Waals surface area contributed by atoms with Crippen LogP contribution in [0.15, 0.2) is 0 Å². The van der Waals surface area contributed by atoms with Crippen LogP contribution in [0.3, 0.4) is 0 Å². The van der Waals surface area contributed by atoms with E-state index in [4.69, 9.17) is 20.4 Å². The molecule has 0 bridgehead atoms. The lowest BCUT2D eigenvalue weighted by molar-refractivity contribution is -0.192. The Balaban J connectivity index is 5.70. The second-order valence-electron chi connectivity index (χ2n) is 5.41. The minimum Gasteiger partial charge on any atom is -0.481 e. The predicted octanol–water partition coefficient (Wildman–Crippen LogP) is -1.54. The van der Waals surface area contributed by atoms with Crippen LogP contribution in [-0.2, 0) is 38.2 Å². The van der Waals surface area contributed by atoms with Gasteiger partial charge in [0.2, 0.25) is 5.60 Å². The van der Waals surface area contributed by atoms with Crippen molar-refractivity contribution in [2.24, 2.45) is 0 Å². The van der Waals surface area contributed by atoms with Crippen LogP contribution in [0.1, 0.15) is 32.6 Å². The van der Waals surface area contributed by atoms with Crippen LogP contribution in [0.4, 0.5) is 0 Å². The van der Waals surface area contributed by atoms with E-state index in [1.165, 1.54) is 6.92 Å². The van der Waals surface area contributed by atoms with E-state index in [1.54, 1.807) is 0 Å². The third-order valence-electron chi connectivity index (χ3n) is 3.11. The van der Waals surface area contributed by atoms with E-state index in [9.17, 15) is 33.9 Å². The Morgan fingerprint density at radius 3 is 1.56 bits per heavy atom. The average Bonchev–Trinajstić information content (AvgIpc) is 2.44. The maximum absolute atomic E-state index is 12.0. The van der Waals surface area contributed by atoms with Gasteiger partial charge < -0.3 is 35.0 Å². The Hall–Kier alpha value is -3.22. The van der Waals surface area contributed by atoms with E-state index < -0.39 is 72.7 Å². The molecule has 27 heavy (non-hydrogen) atoms. The Morgan fingerprint density at radius 1 is 0.778 bits per heavy atom. The molecule has 0 fully saturated rings. The van der Waals surface area contributed by atoms with Crippen molar-refractivity contribution < 1.29 is 63.8 Å². The van der Waals surface area contributed by atoms with E-state index in [0.29, 0.717) is 0 Å². The predicted molar refractivity (Wildman–Crippen MR) is 79.4 cm³/mol. The van der Waals surface area contributed by atoms with Crippen LogP contribution < -0.4 is 0 Å². The van der Waals surface area contributed by atoms with Gasteiger partial charge in [-0.25, -0.2) is 9.59 Å². The molecule has 13 nitrogen and oxygen atoms in total. The zero-order chi connectivity index (χ0) is 21.4. The fourth-order valence-corrected chi connectivity index (χ4v) is 2.03.